The number of carboxylic acid groups (broad SMARTS) is 1. The van der Waals surface area contributed by atoms with Crippen molar-refractivity contribution in [2.75, 3.05) is 0 Å². The van der Waals surface area contributed by atoms with E-state index >= 15 is 0 Å². The molecule has 0 aliphatic carbocycles. The molecule has 0 fully saturated rings. The molecule has 0 amide bonds. The summed E-state index contributed by atoms with van der Waals surface area (Å²) in [5, 5.41) is 7.05. The van der Waals surface area contributed by atoms with Gasteiger partial charge in [0.1, 0.15) is 0 Å². The van der Waals surface area contributed by atoms with Gasteiger partial charge in [-0.3, -0.25) is 9.35 Å². The van der Waals surface area contributed by atoms with Gasteiger partial charge in [-0.2, -0.15) is 8.42 Å². The van der Waals surface area contributed by atoms with Crippen LogP contribution in [0.4, 0.5) is 0 Å². The molecule has 6 heteroatoms. The molecule has 0 radical (unpaired) electrons. The third kappa shape index (κ3) is 4.17. The Hall–Kier alpha value is -0.620. The minimum atomic E-state index is -4.57. The summed E-state index contributed by atoms with van der Waals surface area (Å²) in [6.45, 7) is 6.79. The van der Waals surface area contributed by atoms with Crippen LogP contribution in [0.1, 0.15) is 34.1 Å². The molecule has 0 aromatic carbocycles. The molecule has 2 N–H and O–H groups in total. The Balaban J connectivity index is 5.18. The molecular formula is C9H18O5S. The number of carboxylic acids is 1. The minimum Gasteiger partial charge on any atom is -0.480 e. The van der Waals surface area contributed by atoms with Gasteiger partial charge in [0.15, 0.2) is 5.25 Å². The van der Waals surface area contributed by atoms with E-state index in [1.807, 2.05) is 13.8 Å². The van der Waals surface area contributed by atoms with Crippen molar-refractivity contribution in [2.45, 2.75) is 39.4 Å². The number of hydrogen-bond donors (Lipinski definition) is 2. The fourth-order valence-electron chi connectivity index (χ4n) is 2.02. The van der Waals surface area contributed by atoms with Crippen LogP contribution in [0.15, 0.2) is 0 Å². The smallest absolute Gasteiger partial charge is 0.324 e. The molecule has 0 aromatic rings. The molecule has 0 aliphatic rings. The van der Waals surface area contributed by atoms with Crippen LogP contribution in [-0.2, 0) is 14.9 Å². The molecule has 0 heterocycles. The Labute approximate surface area is 90.2 Å². The first-order valence-corrected chi connectivity index (χ1v) is 6.18. The second kappa shape index (κ2) is 4.49. The van der Waals surface area contributed by atoms with E-state index in [1.54, 1.807) is 0 Å². The zero-order valence-corrected chi connectivity index (χ0v) is 10.2. The van der Waals surface area contributed by atoms with Crippen LogP contribution >= 0.6 is 0 Å². The fourth-order valence-corrected chi connectivity index (χ4v) is 3.18. The van der Waals surface area contributed by atoms with Crippen molar-refractivity contribution in [3.8, 4) is 0 Å². The summed E-state index contributed by atoms with van der Waals surface area (Å²) in [6, 6.07) is 0. The number of aliphatic carboxylic acids is 1. The molecule has 0 spiro atoms. The summed E-state index contributed by atoms with van der Waals surface area (Å²) in [5.74, 6) is -1.35. The summed E-state index contributed by atoms with van der Waals surface area (Å²) in [6.07, 6.45) is 0.407. The van der Waals surface area contributed by atoms with E-state index in [2.05, 4.69) is 0 Å². The van der Waals surface area contributed by atoms with E-state index in [0.29, 0.717) is 6.42 Å². The van der Waals surface area contributed by atoms with Crippen molar-refractivity contribution in [2.24, 2.45) is 11.3 Å². The monoisotopic (exact) mass is 238 g/mol. The molecule has 1 unspecified atom stereocenters. The fraction of sp³-hybridized carbons (Fsp3) is 0.889. The largest absolute Gasteiger partial charge is 0.480 e. The van der Waals surface area contributed by atoms with Crippen LogP contribution < -0.4 is 0 Å². The highest BCUT2D eigenvalue weighted by Gasteiger charge is 2.44. The third-order valence-electron chi connectivity index (χ3n) is 2.17. The quantitative estimate of drug-likeness (QED) is 0.706. The van der Waals surface area contributed by atoms with Gasteiger partial charge in [-0.05, 0) is 17.8 Å². The van der Waals surface area contributed by atoms with Crippen LogP contribution in [0.25, 0.3) is 0 Å². The van der Waals surface area contributed by atoms with E-state index in [0.717, 1.165) is 0 Å². The van der Waals surface area contributed by atoms with Crippen LogP contribution in [0, 0.1) is 11.3 Å². The highest BCUT2D eigenvalue weighted by molar-refractivity contribution is 7.87. The van der Waals surface area contributed by atoms with Crippen molar-refractivity contribution in [3.63, 3.8) is 0 Å². The predicted octanol–water partition coefficient (Wildman–Crippen LogP) is 1.40. The van der Waals surface area contributed by atoms with E-state index in [1.165, 1.54) is 13.8 Å². The van der Waals surface area contributed by atoms with Gasteiger partial charge in [0.05, 0.1) is 0 Å². The molecule has 1 atom stereocenters. The maximum Gasteiger partial charge on any atom is 0.324 e. The first-order valence-electron chi connectivity index (χ1n) is 4.67. The summed E-state index contributed by atoms with van der Waals surface area (Å²) in [7, 11) is -4.57. The second-order valence-corrected chi connectivity index (χ2v) is 6.32. The molecule has 5 nitrogen and oxygen atoms in total. The molecule has 0 saturated carbocycles. The van der Waals surface area contributed by atoms with Gasteiger partial charge in [0.25, 0.3) is 10.1 Å². The Morgan fingerprint density at radius 2 is 1.73 bits per heavy atom. The summed E-state index contributed by atoms with van der Waals surface area (Å²) < 4.78 is 30.8. The van der Waals surface area contributed by atoms with Crippen LogP contribution in [-0.4, -0.2) is 29.3 Å². The first kappa shape index (κ1) is 14.4. The maximum atomic E-state index is 11.0. The second-order valence-electron chi connectivity index (χ2n) is 4.82. The van der Waals surface area contributed by atoms with Crippen molar-refractivity contribution in [3.05, 3.63) is 0 Å². The minimum absolute atomic E-state index is 0.156. The lowest BCUT2D eigenvalue weighted by atomic mass is 9.81. The number of carbonyl (C=O) groups is 1. The molecule has 0 aliphatic heterocycles. The molecule has 0 saturated heterocycles. The van der Waals surface area contributed by atoms with Crippen molar-refractivity contribution >= 4 is 16.1 Å². The first-order chi connectivity index (χ1) is 6.48. The Morgan fingerprint density at radius 3 is 1.93 bits per heavy atom. The zero-order chi connectivity index (χ0) is 12.4. The van der Waals surface area contributed by atoms with Gasteiger partial charge in [0.2, 0.25) is 0 Å². The SMILES string of the molecule is CC(C)CC(C)(C)C(C(=O)O)S(=O)(=O)O. The molecule has 0 aromatic heterocycles. The van der Waals surface area contributed by atoms with Crippen molar-refractivity contribution in [1.29, 1.82) is 0 Å². The van der Waals surface area contributed by atoms with Crippen LogP contribution in [0.5, 0.6) is 0 Å². The standard InChI is InChI=1S/C9H18O5S/c1-6(2)5-9(3,4)7(8(10)11)15(12,13)14/h6-7H,5H2,1-4H3,(H,10,11)(H,12,13,14). The summed E-state index contributed by atoms with van der Waals surface area (Å²) in [4.78, 5) is 10.8. The van der Waals surface area contributed by atoms with Gasteiger partial charge in [-0.15, -0.1) is 0 Å². The van der Waals surface area contributed by atoms with Gasteiger partial charge in [-0.25, -0.2) is 0 Å². The maximum absolute atomic E-state index is 11.0. The van der Waals surface area contributed by atoms with Crippen molar-refractivity contribution in [1.82, 2.24) is 0 Å². The van der Waals surface area contributed by atoms with E-state index in [9.17, 15) is 13.2 Å². The lowest BCUT2D eigenvalue weighted by molar-refractivity contribution is -0.139. The number of rotatable bonds is 5. The lowest BCUT2D eigenvalue weighted by Crippen LogP contribution is -2.43. The molecule has 15 heavy (non-hydrogen) atoms. The van der Waals surface area contributed by atoms with Crippen LogP contribution in [0.3, 0.4) is 0 Å². The van der Waals surface area contributed by atoms with Gasteiger partial charge < -0.3 is 5.11 Å². The van der Waals surface area contributed by atoms with Crippen LogP contribution in [0.2, 0.25) is 0 Å². The average molecular weight is 238 g/mol. The average Bonchev–Trinajstić information content (AvgIpc) is 1.74. The molecule has 0 bridgehead atoms. The Morgan fingerprint density at radius 1 is 1.33 bits per heavy atom. The lowest BCUT2D eigenvalue weighted by Gasteiger charge is -2.30. The normalized spacial score (nSPS) is 15.3. The highest BCUT2D eigenvalue weighted by atomic mass is 32.2. The highest BCUT2D eigenvalue weighted by Crippen LogP contribution is 2.33. The van der Waals surface area contributed by atoms with Gasteiger partial charge in [0, 0.05) is 0 Å². The summed E-state index contributed by atoms with van der Waals surface area (Å²) in [5.41, 5.74) is -0.992. The van der Waals surface area contributed by atoms with E-state index in [-0.39, 0.29) is 5.92 Å². The van der Waals surface area contributed by atoms with E-state index in [4.69, 9.17) is 9.66 Å². The van der Waals surface area contributed by atoms with Gasteiger partial charge in [-0.1, -0.05) is 27.7 Å². The predicted molar refractivity (Wildman–Crippen MR) is 56.2 cm³/mol. The molecule has 90 valence electrons. The molecule has 0 rings (SSSR count). The zero-order valence-electron chi connectivity index (χ0n) is 9.39. The Kier molecular flexibility index (Phi) is 4.30. The van der Waals surface area contributed by atoms with Crippen molar-refractivity contribution < 1.29 is 22.9 Å². The summed E-state index contributed by atoms with van der Waals surface area (Å²) >= 11 is 0. The van der Waals surface area contributed by atoms with Gasteiger partial charge >= 0.3 is 5.97 Å². The Bertz CT molecular complexity index is 328. The number of hydrogen-bond acceptors (Lipinski definition) is 3. The molecular weight excluding hydrogens is 220 g/mol. The third-order valence-corrected chi connectivity index (χ3v) is 3.60. The topological polar surface area (TPSA) is 91.7 Å². The van der Waals surface area contributed by atoms with E-state index < -0.39 is 26.8 Å².